The van der Waals surface area contributed by atoms with E-state index >= 15 is 0 Å². The lowest BCUT2D eigenvalue weighted by atomic mass is 9.67. The number of rotatable bonds is 4. The molecule has 8 aromatic rings. The maximum atomic E-state index is 3.98. The Hall–Kier alpha value is -6.44. The molecule has 0 heterocycles. The van der Waals surface area contributed by atoms with Gasteiger partial charge in [-0.2, -0.15) is 0 Å². The van der Waals surface area contributed by atoms with E-state index in [1.165, 1.54) is 77.9 Å². The van der Waals surface area contributed by atoms with Crippen LogP contribution in [-0.2, 0) is 10.8 Å². The molecule has 11 rings (SSSR count). The molecule has 1 heteroatoms. The SMILES string of the molecule is c1ccc(C2(c3cccc(Nc4cccc5c4-c4ccccc4C54c5ccccc5-c5ccccc54)c3)c3ccccc3-c3ccccc32)cc1. The Bertz CT molecular complexity index is 2590. The average Bonchev–Trinajstić information content (AvgIpc) is 3.79. The van der Waals surface area contributed by atoms with E-state index in [2.05, 4.69) is 199 Å². The second-order valence-corrected chi connectivity index (χ2v) is 14.0. The zero-order valence-corrected chi connectivity index (χ0v) is 28.0. The van der Waals surface area contributed by atoms with Crippen molar-refractivity contribution >= 4 is 11.4 Å². The van der Waals surface area contributed by atoms with Crippen molar-refractivity contribution in [2.75, 3.05) is 5.32 Å². The van der Waals surface area contributed by atoms with Crippen LogP contribution in [0, 0.1) is 0 Å². The number of hydrogen-bond donors (Lipinski definition) is 1. The standard InChI is InChI=1S/C50H33N/c1-2-16-33(17-3-1)49(41-25-9-4-20-36(41)37-21-5-10-26-42(37)49)34-18-14-19-35(32-34)51-47-31-15-30-46-48(47)40-24-8-13-29-45(40)50(46)43-27-11-6-22-38(43)39-23-7-12-28-44(39)50/h1-32,51H. The smallest absolute Gasteiger partial charge is 0.0726 e. The molecule has 3 aliphatic rings. The lowest BCUT2D eigenvalue weighted by molar-refractivity contribution is 0.769. The zero-order chi connectivity index (χ0) is 33.6. The van der Waals surface area contributed by atoms with Crippen molar-refractivity contribution in [2.24, 2.45) is 0 Å². The Labute approximate surface area is 298 Å². The number of fused-ring (bicyclic) bond motifs is 13. The topological polar surface area (TPSA) is 12.0 Å². The normalized spacial score (nSPS) is 14.6. The minimum atomic E-state index is -0.446. The molecule has 0 aromatic heterocycles. The summed E-state index contributed by atoms with van der Waals surface area (Å²) in [5, 5.41) is 3.98. The van der Waals surface area contributed by atoms with Gasteiger partial charge in [0.2, 0.25) is 0 Å². The maximum Gasteiger partial charge on any atom is 0.0726 e. The van der Waals surface area contributed by atoms with Gasteiger partial charge in [0.05, 0.1) is 10.8 Å². The van der Waals surface area contributed by atoms with Crippen LogP contribution in [0.15, 0.2) is 194 Å². The van der Waals surface area contributed by atoms with Crippen LogP contribution in [0.4, 0.5) is 11.4 Å². The van der Waals surface area contributed by atoms with Crippen molar-refractivity contribution in [2.45, 2.75) is 10.8 Å². The van der Waals surface area contributed by atoms with Crippen molar-refractivity contribution < 1.29 is 0 Å². The fourth-order valence-corrected chi connectivity index (χ4v) is 9.95. The van der Waals surface area contributed by atoms with E-state index in [1.54, 1.807) is 0 Å². The van der Waals surface area contributed by atoms with Crippen LogP contribution in [-0.4, -0.2) is 0 Å². The maximum absolute atomic E-state index is 3.98. The van der Waals surface area contributed by atoms with Gasteiger partial charge in [-0.15, -0.1) is 0 Å². The summed E-state index contributed by atoms with van der Waals surface area (Å²) in [5.74, 6) is 0. The largest absolute Gasteiger partial charge is 0.355 e. The third-order valence-corrected chi connectivity index (χ3v) is 11.8. The molecule has 0 unspecified atom stereocenters. The van der Waals surface area contributed by atoms with Gasteiger partial charge in [0.1, 0.15) is 0 Å². The molecule has 1 spiro atoms. The molecule has 0 saturated heterocycles. The average molecular weight is 648 g/mol. The van der Waals surface area contributed by atoms with E-state index in [0.29, 0.717) is 0 Å². The first-order valence-corrected chi connectivity index (χ1v) is 17.9. The second-order valence-electron chi connectivity index (χ2n) is 14.0. The summed E-state index contributed by atoms with van der Waals surface area (Å²) in [5.41, 5.74) is 19.8. The van der Waals surface area contributed by atoms with Crippen molar-refractivity contribution in [1.29, 1.82) is 0 Å². The lowest BCUT2D eigenvalue weighted by Crippen LogP contribution is -2.28. The van der Waals surface area contributed by atoms with Gasteiger partial charge in [-0.05, 0) is 90.5 Å². The first-order valence-electron chi connectivity index (χ1n) is 17.9. The zero-order valence-electron chi connectivity index (χ0n) is 28.0. The highest BCUT2D eigenvalue weighted by Crippen LogP contribution is 2.64. The van der Waals surface area contributed by atoms with Crippen LogP contribution in [0.3, 0.4) is 0 Å². The number of hydrogen-bond acceptors (Lipinski definition) is 1. The summed E-state index contributed by atoms with van der Waals surface area (Å²) in [7, 11) is 0. The van der Waals surface area contributed by atoms with Crippen molar-refractivity contribution in [3.63, 3.8) is 0 Å². The monoisotopic (exact) mass is 647 g/mol. The van der Waals surface area contributed by atoms with Crippen LogP contribution >= 0.6 is 0 Å². The minimum Gasteiger partial charge on any atom is -0.355 e. The van der Waals surface area contributed by atoms with Crippen LogP contribution in [0.2, 0.25) is 0 Å². The van der Waals surface area contributed by atoms with Gasteiger partial charge < -0.3 is 5.32 Å². The van der Waals surface area contributed by atoms with Crippen LogP contribution in [0.25, 0.3) is 33.4 Å². The Balaban J connectivity index is 1.12. The van der Waals surface area contributed by atoms with Gasteiger partial charge in [0, 0.05) is 16.9 Å². The Morgan fingerprint density at radius 3 is 1.27 bits per heavy atom. The molecule has 0 fully saturated rings. The fraction of sp³-hybridized carbons (Fsp3) is 0.0400. The number of anilines is 2. The van der Waals surface area contributed by atoms with E-state index < -0.39 is 5.41 Å². The highest BCUT2D eigenvalue weighted by molar-refractivity contribution is 5.99. The third-order valence-electron chi connectivity index (χ3n) is 11.8. The molecule has 0 radical (unpaired) electrons. The molecule has 0 aliphatic heterocycles. The Kier molecular flexibility index (Phi) is 5.86. The molecule has 51 heavy (non-hydrogen) atoms. The fourth-order valence-electron chi connectivity index (χ4n) is 9.95. The van der Waals surface area contributed by atoms with Gasteiger partial charge in [0.25, 0.3) is 0 Å². The van der Waals surface area contributed by atoms with E-state index in [0.717, 1.165) is 11.4 Å². The minimum absolute atomic E-state index is 0.368. The first kappa shape index (κ1) is 28.4. The highest BCUT2D eigenvalue weighted by atomic mass is 14.9. The van der Waals surface area contributed by atoms with Gasteiger partial charge in [-0.3, -0.25) is 0 Å². The van der Waals surface area contributed by atoms with Crippen LogP contribution in [0.1, 0.15) is 44.5 Å². The van der Waals surface area contributed by atoms with Gasteiger partial charge in [0.15, 0.2) is 0 Å². The van der Waals surface area contributed by atoms with Gasteiger partial charge in [-0.1, -0.05) is 176 Å². The van der Waals surface area contributed by atoms with Crippen LogP contribution in [0.5, 0.6) is 0 Å². The van der Waals surface area contributed by atoms with Crippen molar-refractivity contribution in [3.8, 4) is 33.4 Å². The molecule has 0 bridgehead atoms. The third kappa shape index (κ3) is 3.60. The highest BCUT2D eigenvalue weighted by Gasteiger charge is 2.52. The summed E-state index contributed by atoms with van der Waals surface area (Å²) in [6.45, 7) is 0. The summed E-state index contributed by atoms with van der Waals surface area (Å²) < 4.78 is 0. The second kappa shape index (κ2) is 10.5. The Morgan fingerprint density at radius 2 is 0.706 bits per heavy atom. The molecule has 238 valence electrons. The summed E-state index contributed by atoms with van der Waals surface area (Å²) in [6.07, 6.45) is 0. The summed E-state index contributed by atoms with van der Waals surface area (Å²) in [4.78, 5) is 0. The van der Waals surface area contributed by atoms with Gasteiger partial charge >= 0.3 is 0 Å². The molecular formula is C50H33N. The molecule has 3 aliphatic carbocycles. The first-order chi connectivity index (χ1) is 25.3. The van der Waals surface area contributed by atoms with Crippen molar-refractivity contribution in [3.05, 3.63) is 239 Å². The van der Waals surface area contributed by atoms with E-state index in [1.807, 2.05) is 0 Å². The molecule has 0 atom stereocenters. The quantitative estimate of drug-likeness (QED) is 0.200. The number of benzene rings is 8. The predicted molar refractivity (Wildman–Crippen MR) is 210 cm³/mol. The molecule has 1 N–H and O–H groups in total. The molecular weight excluding hydrogens is 615 g/mol. The lowest BCUT2D eigenvalue weighted by Gasteiger charge is -2.34. The molecule has 1 nitrogen and oxygen atoms in total. The van der Waals surface area contributed by atoms with E-state index in [9.17, 15) is 0 Å². The molecule has 0 saturated carbocycles. The van der Waals surface area contributed by atoms with E-state index in [4.69, 9.17) is 0 Å². The molecule has 0 amide bonds. The van der Waals surface area contributed by atoms with Crippen molar-refractivity contribution in [1.82, 2.24) is 0 Å². The van der Waals surface area contributed by atoms with E-state index in [-0.39, 0.29) is 5.41 Å². The van der Waals surface area contributed by atoms with Crippen LogP contribution < -0.4 is 5.32 Å². The number of nitrogens with one attached hydrogen (secondary N) is 1. The summed E-state index contributed by atoms with van der Waals surface area (Å²) in [6, 6.07) is 71.9. The summed E-state index contributed by atoms with van der Waals surface area (Å²) >= 11 is 0. The Morgan fingerprint density at radius 1 is 0.294 bits per heavy atom. The predicted octanol–water partition coefficient (Wildman–Crippen LogP) is 12.1. The van der Waals surface area contributed by atoms with Gasteiger partial charge in [-0.25, -0.2) is 0 Å². The molecule has 8 aromatic carbocycles.